The van der Waals surface area contributed by atoms with Gasteiger partial charge in [0, 0.05) is 24.7 Å². The van der Waals surface area contributed by atoms with Gasteiger partial charge in [-0.05, 0) is 32.5 Å². The number of hydrogen-bond acceptors (Lipinski definition) is 3. The van der Waals surface area contributed by atoms with Crippen molar-refractivity contribution in [2.45, 2.75) is 31.6 Å². The van der Waals surface area contributed by atoms with Crippen LogP contribution in [0.25, 0.3) is 0 Å². The van der Waals surface area contributed by atoms with Crippen LogP contribution in [0.3, 0.4) is 0 Å². The van der Waals surface area contributed by atoms with Crippen LogP contribution in [0.15, 0.2) is 24.3 Å². The van der Waals surface area contributed by atoms with Crippen LogP contribution >= 0.6 is 0 Å². The van der Waals surface area contributed by atoms with Crippen LogP contribution in [0, 0.1) is 0 Å². The lowest BCUT2D eigenvalue weighted by molar-refractivity contribution is -0.153. The van der Waals surface area contributed by atoms with Gasteiger partial charge in [0.25, 0.3) is 0 Å². The second-order valence-electron chi connectivity index (χ2n) is 5.37. The average Bonchev–Trinajstić information content (AvgIpc) is 2.46. The molecule has 0 bridgehead atoms. The summed E-state index contributed by atoms with van der Waals surface area (Å²) in [6, 6.07) is 7.40. The summed E-state index contributed by atoms with van der Waals surface area (Å²) in [5.41, 5.74) is 0.804. The van der Waals surface area contributed by atoms with Crippen molar-refractivity contribution < 1.29 is 17.9 Å². The van der Waals surface area contributed by atoms with Gasteiger partial charge >= 0.3 is 6.18 Å². The molecule has 1 fully saturated rings. The van der Waals surface area contributed by atoms with Crippen LogP contribution in [0.1, 0.15) is 18.4 Å². The number of nitrogens with zero attached hydrogens (tertiary/aromatic N) is 1. The summed E-state index contributed by atoms with van der Waals surface area (Å²) in [6.07, 6.45) is -2.08. The number of likely N-dealkylation sites (N-methyl/N-ethyl adjacent to an activating group) is 1. The summed E-state index contributed by atoms with van der Waals surface area (Å²) in [7, 11) is 1.94. The highest BCUT2D eigenvalue weighted by Gasteiger charge is 2.29. The lowest BCUT2D eigenvalue weighted by atomic mass is 10.0. The fraction of sp³-hybridized carbons (Fsp3) is 0.600. The number of halogens is 3. The van der Waals surface area contributed by atoms with Crippen LogP contribution in [-0.2, 0) is 6.54 Å². The number of alkyl halides is 3. The first-order valence-corrected chi connectivity index (χ1v) is 7.15. The van der Waals surface area contributed by atoms with Crippen LogP contribution in [-0.4, -0.2) is 43.9 Å². The number of ether oxygens (including phenoxy) is 1. The summed E-state index contributed by atoms with van der Waals surface area (Å²) in [6.45, 7) is 1.24. The van der Waals surface area contributed by atoms with Crippen LogP contribution in [0.4, 0.5) is 13.2 Å². The molecule has 1 unspecified atom stereocenters. The van der Waals surface area contributed by atoms with Gasteiger partial charge in [0.2, 0.25) is 0 Å². The maximum Gasteiger partial charge on any atom is 0.422 e. The van der Waals surface area contributed by atoms with E-state index in [9.17, 15) is 13.2 Å². The molecule has 1 N–H and O–H groups in total. The van der Waals surface area contributed by atoms with Crippen molar-refractivity contribution in [3.63, 3.8) is 0 Å². The Hall–Kier alpha value is -1.27. The van der Waals surface area contributed by atoms with E-state index in [4.69, 9.17) is 4.74 Å². The summed E-state index contributed by atoms with van der Waals surface area (Å²) in [4.78, 5) is 2.25. The van der Waals surface area contributed by atoms with Crippen molar-refractivity contribution in [2.24, 2.45) is 0 Å². The predicted octanol–water partition coefficient (Wildman–Crippen LogP) is 2.81. The molecule has 1 aromatic rings. The van der Waals surface area contributed by atoms with Crippen molar-refractivity contribution in [3.05, 3.63) is 29.8 Å². The molecule has 0 aromatic heterocycles. The first-order chi connectivity index (χ1) is 9.98. The smallest absolute Gasteiger partial charge is 0.422 e. The number of likely N-dealkylation sites (tertiary alicyclic amines) is 1. The molecule has 2 rings (SSSR count). The van der Waals surface area contributed by atoms with Crippen molar-refractivity contribution in [1.29, 1.82) is 0 Å². The van der Waals surface area contributed by atoms with Gasteiger partial charge in [0.05, 0.1) is 0 Å². The van der Waals surface area contributed by atoms with Crippen LogP contribution in [0.2, 0.25) is 0 Å². The summed E-state index contributed by atoms with van der Waals surface area (Å²) < 4.78 is 41.8. The van der Waals surface area contributed by atoms with E-state index in [1.165, 1.54) is 0 Å². The molecule has 3 nitrogen and oxygen atoms in total. The Morgan fingerprint density at radius 1 is 1.33 bits per heavy atom. The lowest BCUT2D eigenvalue weighted by Gasteiger charge is -2.32. The largest absolute Gasteiger partial charge is 0.484 e. The van der Waals surface area contributed by atoms with E-state index in [2.05, 4.69) is 10.2 Å². The van der Waals surface area contributed by atoms with E-state index in [-0.39, 0.29) is 0 Å². The van der Waals surface area contributed by atoms with Crippen molar-refractivity contribution >= 4 is 0 Å². The van der Waals surface area contributed by atoms with Gasteiger partial charge in [-0.25, -0.2) is 0 Å². The number of piperidine rings is 1. The van der Waals surface area contributed by atoms with E-state index in [0.29, 0.717) is 18.3 Å². The minimum atomic E-state index is -4.31. The molecule has 0 spiro atoms. The molecule has 6 heteroatoms. The van der Waals surface area contributed by atoms with Crippen molar-refractivity contribution in [3.8, 4) is 5.75 Å². The van der Waals surface area contributed by atoms with Crippen molar-refractivity contribution in [1.82, 2.24) is 10.2 Å². The van der Waals surface area contributed by atoms with Gasteiger partial charge in [-0.2, -0.15) is 13.2 Å². The standard InChI is InChI=1S/C15H21F3N2O/c1-19-13-6-4-8-20(10-13)9-12-5-2-3-7-14(12)21-11-15(16,17)18/h2-3,5,7,13,19H,4,6,8-11H2,1H3. The first-order valence-electron chi connectivity index (χ1n) is 7.15. The van der Waals surface area contributed by atoms with Gasteiger partial charge in [-0.1, -0.05) is 18.2 Å². The Morgan fingerprint density at radius 3 is 2.81 bits per heavy atom. The monoisotopic (exact) mass is 302 g/mol. The quantitative estimate of drug-likeness (QED) is 0.905. The Bertz CT molecular complexity index is 451. The van der Waals surface area contributed by atoms with Gasteiger partial charge < -0.3 is 10.1 Å². The molecule has 21 heavy (non-hydrogen) atoms. The Kier molecular flexibility index (Phi) is 5.47. The summed E-state index contributed by atoms with van der Waals surface area (Å²) >= 11 is 0. The third kappa shape index (κ3) is 5.21. The van der Waals surface area contributed by atoms with Crippen LogP contribution < -0.4 is 10.1 Å². The first kappa shape index (κ1) is 16.1. The second-order valence-corrected chi connectivity index (χ2v) is 5.37. The van der Waals surface area contributed by atoms with E-state index in [1.807, 2.05) is 19.2 Å². The predicted molar refractivity (Wildman–Crippen MR) is 75.4 cm³/mol. The van der Waals surface area contributed by atoms with Gasteiger partial charge in [0.1, 0.15) is 5.75 Å². The fourth-order valence-electron chi connectivity index (χ4n) is 2.61. The summed E-state index contributed by atoms with van der Waals surface area (Å²) in [5.74, 6) is 0.321. The van der Waals surface area contributed by atoms with E-state index >= 15 is 0 Å². The van der Waals surface area contributed by atoms with Crippen molar-refractivity contribution in [2.75, 3.05) is 26.7 Å². The fourth-order valence-corrected chi connectivity index (χ4v) is 2.61. The summed E-state index contributed by atoms with van der Waals surface area (Å²) in [5, 5.41) is 3.26. The number of rotatable bonds is 5. The number of hydrogen-bond donors (Lipinski definition) is 1. The van der Waals surface area contributed by atoms with E-state index < -0.39 is 12.8 Å². The SMILES string of the molecule is CNC1CCCN(Cc2ccccc2OCC(F)(F)F)C1. The molecule has 1 saturated heterocycles. The Labute approximate surface area is 123 Å². The number of para-hydroxylation sites is 1. The second kappa shape index (κ2) is 7.13. The zero-order valence-corrected chi connectivity index (χ0v) is 12.1. The third-order valence-corrected chi connectivity index (χ3v) is 3.67. The highest BCUT2D eigenvalue weighted by Crippen LogP contribution is 2.24. The molecule has 0 amide bonds. The molecule has 0 aliphatic carbocycles. The third-order valence-electron chi connectivity index (χ3n) is 3.67. The minimum absolute atomic E-state index is 0.321. The zero-order valence-electron chi connectivity index (χ0n) is 12.1. The van der Waals surface area contributed by atoms with Gasteiger partial charge in [-0.3, -0.25) is 4.90 Å². The topological polar surface area (TPSA) is 24.5 Å². The Morgan fingerprint density at radius 2 is 2.10 bits per heavy atom. The average molecular weight is 302 g/mol. The number of nitrogens with one attached hydrogen (secondary N) is 1. The zero-order chi connectivity index (χ0) is 15.3. The highest BCUT2D eigenvalue weighted by molar-refractivity contribution is 5.33. The molecular formula is C15H21F3N2O. The normalized spacial score (nSPS) is 20.5. The maximum absolute atomic E-state index is 12.3. The maximum atomic E-state index is 12.3. The molecule has 118 valence electrons. The molecular weight excluding hydrogens is 281 g/mol. The molecule has 1 aliphatic heterocycles. The molecule has 1 heterocycles. The molecule has 1 aliphatic rings. The van der Waals surface area contributed by atoms with E-state index in [1.54, 1.807) is 12.1 Å². The molecule has 0 saturated carbocycles. The molecule has 1 aromatic carbocycles. The Balaban J connectivity index is 1.99. The van der Waals surface area contributed by atoms with Crippen LogP contribution in [0.5, 0.6) is 5.75 Å². The highest BCUT2D eigenvalue weighted by atomic mass is 19.4. The number of benzene rings is 1. The lowest BCUT2D eigenvalue weighted by Crippen LogP contribution is -2.43. The van der Waals surface area contributed by atoms with Gasteiger partial charge in [-0.15, -0.1) is 0 Å². The molecule has 1 atom stereocenters. The molecule has 0 radical (unpaired) electrons. The van der Waals surface area contributed by atoms with E-state index in [0.717, 1.165) is 31.5 Å². The van der Waals surface area contributed by atoms with Gasteiger partial charge in [0.15, 0.2) is 6.61 Å². The minimum Gasteiger partial charge on any atom is -0.484 e.